The smallest absolute Gasteiger partial charge is 0.113 e. The van der Waals surface area contributed by atoms with Crippen LogP contribution in [0.1, 0.15) is 27.7 Å². The van der Waals surface area contributed by atoms with E-state index in [1.165, 1.54) is 10.1 Å². The van der Waals surface area contributed by atoms with E-state index >= 15 is 0 Å². The number of benzene rings is 1. The molecule has 1 aromatic heterocycles. The summed E-state index contributed by atoms with van der Waals surface area (Å²) in [4.78, 5) is 1.07. The number of thiophene rings is 1. The van der Waals surface area contributed by atoms with Crippen LogP contribution in [0, 0.1) is 13.8 Å². The average Bonchev–Trinajstić information content (AvgIpc) is 2.71. The summed E-state index contributed by atoms with van der Waals surface area (Å²) in [5, 5.41) is 10.6. The third-order valence-electron chi connectivity index (χ3n) is 3.37. The average molecular weight is 291 g/mol. The zero-order valence-corrected chi connectivity index (χ0v) is 14.1. The van der Waals surface area contributed by atoms with Crippen molar-refractivity contribution in [2.75, 3.05) is 0 Å². The molecule has 1 aromatic carbocycles. The van der Waals surface area contributed by atoms with Crippen molar-refractivity contribution in [1.29, 1.82) is 0 Å². The fraction of sp³-hybridized carbons (Fsp3) is 0.375. The topological polar surface area (TPSA) is 20.2 Å². The first-order valence-corrected chi connectivity index (χ1v) is 11.0. The van der Waals surface area contributed by atoms with Gasteiger partial charge < -0.3 is 5.11 Å². The quantitative estimate of drug-likeness (QED) is 0.847. The zero-order chi connectivity index (χ0) is 14.2. The van der Waals surface area contributed by atoms with Gasteiger partial charge in [0.25, 0.3) is 0 Å². The van der Waals surface area contributed by atoms with Gasteiger partial charge in [-0.1, -0.05) is 43.9 Å². The molecular formula is C16H22OSSi. The zero-order valence-electron chi connectivity index (χ0n) is 12.3. The Balaban J connectivity index is 2.41. The number of aliphatic hydroxyl groups excluding tert-OH is 1. The van der Waals surface area contributed by atoms with Crippen LogP contribution in [0.2, 0.25) is 19.6 Å². The Labute approximate surface area is 120 Å². The van der Waals surface area contributed by atoms with Gasteiger partial charge in [-0.15, -0.1) is 11.3 Å². The summed E-state index contributed by atoms with van der Waals surface area (Å²) in [6.45, 7) is 11.3. The summed E-state index contributed by atoms with van der Waals surface area (Å²) in [5.74, 6) is 0. The number of hydrogen-bond acceptors (Lipinski definition) is 2. The molecule has 0 spiro atoms. The van der Waals surface area contributed by atoms with Crippen LogP contribution in [0.4, 0.5) is 0 Å². The van der Waals surface area contributed by atoms with Gasteiger partial charge in [0.2, 0.25) is 0 Å². The fourth-order valence-electron chi connectivity index (χ4n) is 2.43. The van der Waals surface area contributed by atoms with Gasteiger partial charge in [0.05, 0.1) is 8.07 Å². The summed E-state index contributed by atoms with van der Waals surface area (Å²) < 4.78 is 1.50. The monoisotopic (exact) mass is 290 g/mol. The molecule has 1 heterocycles. The van der Waals surface area contributed by atoms with Crippen molar-refractivity contribution in [2.24, 2.45) is 0 Å². The molecule has 1 N–H and O–H groups in total. The molecule has 0 saturated heterocycles. The molecule has 3 heteroatoms. The fourth-order valence-corrected chi connectivity index (χ4v) is 6.20. The molecule has 2 aromatic rings. The molecule has 0 aliphatic rings. The molecule has 1 nitrogen and oxygen atoms in total. The van der Waals surface area contributed by atoms with Crippen LogP contribution in [-0.2, 0) is 0 Å². The molecule has 0 radical (unpaired) electrons. The summed E-state index contributed by atoms with van der Waals surface area (Å²) in [7, 11) is -1.31. The lowest BCUT2D eigenvalue weighted by molar-refractivity contribution is 0.223. The van der Waals surface area contributed by atoms with Crippen LogP contribution in [0.25, 0.3) is 0 Å². The van der Waals surface area contributed by atoms with Gasteiger partial charge in [0.15, 0.2) is 0 Å². The maximum atomic E-state index is 10.6. The number of rotatable bonds is 3. The van der Waals surface area contributed by atoms with Crippen LogP contribution < -0.4 is 4.50 Å². The Morgan fingerprint density at radius 3 is 2.21 bits per heavy atom. The van der Waals surface area contributed by atoms with Crippen molar-refractivity contribution >= 4 is 23.9 Å². The van der Waals surface area contributed by atoms with Crippen molar-refractivity contribution in [2.45, 2.75) is 39.6 Å². The second-order valence-corrected chi connectivity index (χ2v) is 12.6. The van der Waals surface area contributed by atoms with Gasteiger partial charge in [-0.2, -0.15) is 0 Å². The van der Waals surface area contributed by atoms with E-state index in [0.29, 0.717) is 0 Å². The molecule has 19 heavy (non-hydrogen) atoms. The molecule has 1 atom stereocenters. The maximum absolute atomic E-state index is 10.6. The Kier molecular flexibility index (Phi) is 3.99. The largest absolute Gasteiger partial charge is 0.383 e. The van der Waals surface area contributed by atoms with Crippen molar-refractivity contribution in [3.8, 4) is 0 Å². The molecule has 0 fully saturated rings. The first kappa shape index (κ1) is 14.5. The molecule has 0 aliphatic heterocycles. The Morgan fingerprint density at radius 1 is 1.05 bits per heavy atom. The molecule has 102 valence electrons. The number of aryl methyl sites for hydroxylation is 2. The van der Waals surface area contributed by atoms with Crippen molar-refractivity contribution in [3.63, 3.8) is 0 Å². The van der Waals surface area contributed by atoms with Crippen LogP contribution in [-0.4, -0.2) is 13.2 Å². The highest BCUT2D eigenvalue weighted by atomic mass is 32.1. The van der Waals surface area contributed by atoms with E-state index in [-0.39, 0.29) is 0 Å². The SMILES string of the molecule is Cc1ccccc1C(O)c1cc(C)c([Si](C)(C)C)s1. The lowest BCUT2D eigenvalue weighted by atomic mass is 10.0. The predicted molar refractivity (Wildman–Crippen MR) is 87.3 cm³/mol. The Hall–Kier alpha value is -0.903. The van der Waals surface area contributed by atoms with E-state index < -0.39 is 14.2 Å². The minimum Gasteiger partial charge on any atom is -0.383 e. The number of aliphatic hydroxyl groups is 1. The summed E-state index contributed by atoms with van der Waals surface area (Å²) in [6, 6.07) is 10.2. The third-order valence-corrected chi connectivity index (χ3v) is 8.37. The molecule has 0 aliphatic carbocycles. The van der Waals surface area contributed by atoms with E-state index in [2.05, 4.69) is 45.6 Å². The van der Waals surface area contributed by atoms with Crippen molar-refractivity contribution < 1.29 is 5.11 Å². The van der Waals surface area contributed by atoms with Gasteiger partial charge in [-0.25, -0.2) is 0 Å². The summed E-state index contributed by atoms with van der Waals surface area (Å²) in [5.41, 5.74) is 3.51. The van der Waals surface area contributed by atoms with Crippen LogP contribution in [0.15, 0.2) is 30.3 Å². The van der Waals surface area contributed by atoms with Gasteiger partial charge >= 0.3 is 0 Å². The van der Waals surface area contributed by atoms with E-state index in [1.807, 2.05) is 18.2 Å². The summed E-state index contributed by atoms with van der Waals surface area (Å²) >= 11 is 1.79. The van der Waals surface area contributed by atoms with Crippen molar-refractivity contribution in [3.05, 3.63) is 51.9 Å². The first-order valence-electron chi connectivity index (χ1n) is 6.65. The lowest BCUT2D eigenvalue weighted by Crippen LogP contribution is -2.36. The minimum absolute atomic E-state index is 0.491. The highest BCUT2D eigenvalue weighted by Crippen LogP contribution is 2.29. The molecule has 2 rings (SSSR count). The van der Waals surface area contributed by atoms with Gasteiger partial charge in [0.1, 0.15) is 6.10 Å². The second-order valence-electron chi connectivity index (χ2n) is 6.17. The van der Waals surface area contributed by atoms with E-state index in [0.717, 1.165) is 16.0 Å². The van der Waals surface area contributed by atoms with Crippen molar-refractivity contribution in [1.82, 2.24) is 0 Å². The standard InChI is InChI=1S/C16H22OSSi/c1-11-8-6-7-9-13(11)15(17)14-10-12(2)16(18-14)19(3,4)5/h6-10,15,17H,1-5H3. The number of hydrogen-bond donors (Lipinski definition) is 1. The maximum Gasteiger partial charge on any atom is 0.113 e. The van der Waals surface area contributed by atoms with E-state index in [4.69, 9.17) is 0 Å². The minimum atomic E-state index is -1.31. The van der Waals surface area contributed by atoms with Gasteiger partial charge in [0, 0.05) is 4.88 Å². The second kappa shape index (κ2) is 5.23. The molecule has 1 unspecified atom stereocenters. The highest BCUT2D eigenvalue weighted by molar-refractivity contribution is 7.26. The molecule has 0 saturated carbocycles. The Morgan fingerprint density at radius 2 is 1.68 bits per heavy atom. The molecule has 0 amide bonds. The van der Waals surface area contributed by atoms with E-state index in [1.54, 1.807) is 11.3 Å². The van der Waals surface area contributed by atoms with E-state index in [9.17, 15) is 5.11 Å². The predicted octanol–water partition coefficient (Wildman–Crippen LogP) is 3.99. The van der Waals surface area contributed by atoms with Crippen LogP contribution >= 0.6 is 11.3 Å². The Bertz CT molecular complexity index is 581. The molecule has 0 bridgehead atoms. The van der Waals surface area contributed by atoms with Crippen LogP contribution in [0.3, 0.4) is 0 Å². The first-order chi connectivity index (χ1) is 8.80. The van der Waals surface area contributed by atoms with Gasteiger partial charge in [-0.05, 0) is 41.1 Å². The lowest BCUT2D eigenvalue weighted by Gasteiger charge is -2.15. The highest BCUT2D eigenvalue weighted by Gasteiger charge is 2.24. The summed E-state index contributed by atoms with van der Waals surface area (Å²) in [6.07, 6.45) is -0.491. The molecular weight excluding hydrogens is 268 g/mol. The van der Waals surface area contributed by atoms with Crippen LogP contribution in [0.5, 0.6) is 0 Å². The normalized spacial score (nSPS) is 13.6. The van der Waals surface area contributed by atoms with Gasteiger partial charge in [-0.3, -0.25) is 0 Å². The third kappa shape index (κ3) is 2.99.